The van der Waals surface area contributed by atoms with E-state index in [1.54, 1.807) is 25.1 Å². The lowest BCUT2D eigenvalue weighted by Crippen LogP contribution is -2.19. The van der Waals surface area contributed by atoms with Crippen LogP contribution in [0, 0.1) is 0 Å². The van der Waals surface area contributed by atoms with Gasteiger partial charge in [0.25, 0.3) is 10.0 Å². The molecule has 0 heterocycles. The van der Waals surface area contributed by atoms with E-state index in [1.807, 2.05) is 6.92 Å². The van der Waals surface area contributed by atoms with Gasteiger partial charge in [-0.05, 0) is 25.5 Å². The number of hydrogen-bond acceptors (Lipinski definition) is 3. The molecule has 1 aromatic carbocycles. The Labute approximate surface area is 90.1 Å². The maximum atomic E-state index is 11.6. The van der Waals surface area contributed by atoms with Crippen molar-refractivity contribution in [2.75, 3.05) is 0 Å². The largest absolute Gasteiger partial charge is 0.276 e. The zero-order valence-electron chi connectivity index (χ0n) is 8.77. The first kappa shape index (κ1) is 11.7. The van der Waals surface area contributed by atoms with Crippen LogP contribution in [0.2, 0.25) is 0 Å². The van der Waals surface area contributed by atoms with E-state index in [2.05, 4.69) is 9.93 Å². The van der Waals surface area contributed by atoms with E-state index in [-0.39, 0.29) is 4.90 Å². The van der Waals surface area contributed by atoms with E-state index < -0.39 is 10.0 Å². The Hall–Kier alpha value is -1.36. The summed E-state index contributed by atoms with van der Waals surface area (Å²) in [5.74, 6) is 0. The fourth-order valence-corrected chi connectivity index (χ4v) is 1.77. The predicted octanol–water partition coefficient (Wildman–Crippen LogP) is 1.75. The number of hydrazone groups is 1. The van der Waals surface area contributed by atoms with Crippen molar-refractivity contribution in [3.05, 3.63) is 30.3 Å². The molecule has 0 aromatic heterocycles. The van der Waals surface area contributed by atoms with Gasteiger partial charge >= 0.3 is 0 Å². The molecule has 0 aliphatic rings. The Morgan fingerprint density at radius 3 is 2.47 bits per heavy atom. The van der Waals surface area contributed by atoms with Crippen LogP contribution in [0.25, 0.3) is 0 Å². The molecule has 0 atom stereocenters. The highest BCUT2D eigenvalue weighted by Crippen LogP contribution is 2.06. The van der Waals surface area contributed by atoms with Crippen LogP contribution < -0.4 is 4.83 Å². The lowest BCUT2D eigenvalue weighted by Gasteiger charge is -2.03. The highest BCUT2D eigenvalue weighted by atomic mass is 32.2. The molecule has 0 bridgehead atoms. The van der Waals surface area contributed by atoms with Crippen molar-refractivity contribution in [1.82, 2.24) is 4.83 Å². The molecule has 0 spiro atoms. The Morgan fingerprint density at radius 2 is 1.93 bits per heavy atom. The molecule has 0 saturated carbocycles. The van der Waals surface area contributed by atoms with Crippen molar-refractivity contribution in [3.8, 4) is 0 Å². The van der Waals surface area contributed by atoms with E-state index in [9.17, 15) is 8.42 Å². The zero-order valence-corrected chi connectivity index (χ0v) is 9.58. The van der Waals surface area contributed by atoms with Crippen LogP contribution in [0.15, 0.2) is 40.3 Å². The molecule has 0 radical (unpaired) electrons. The van der Waals surface area contributed by atoms with Gasteiger partial charge in [0.15, 0.2) is 0 Å². The lowest BCUT2D eigenvalue weighted by atomic mass is 10.3. The molecule has 0 amide bonds. The van der Waals surface area contributed by atoms with Crippen molar-refractivity contribution < 1.29 is 8.42 Å². The summed E-state index contributed by atoms with van der Waals surface area (Å²) in [6, 6.07) is 8.16. The van der Waals surface area contributed by atoms with E-state index >= 15 is 0 Å². The minimum atomic E-state index is -3.50. The maximum Gasteiger partial charge on any atom is 0.276 e. The van der Waals surface area contributed by atoms with E-state index in [0.29, 0.717) is 0 Å². The van der Waals surface area contributed by atoms with Gasteiger partial charge in [0.2, 0.25) is 0 Å². The summed E-state index contributed by atoms with van der Waals surface area (Å²) in [6.07, 6.45) is 0.720. The molecule has 0 fully saturated rings. The van der Waals surface area contributed by atoms with Gasteiger partial charge in [-0.3, -0.25) is 0 Å². The van der Waals surface area contributed by atoms with Crippen LogP contribution in [0.5, 0.6) is 0 Å². The van der Waals surface area contributed by atoms with Gasteiger partial charge < -0.3 is 0 Å². The van der Waals surface area contributed by atoms with Crippen LogP contribution in [0.3, 0.4) is 0 Å². The third-order valence-corrected chi connectivity index (χ3v) is 3.15. The number of nitrogens with one attached hydrogen (secondary N) is 1. The third-order valence-electron chi connectivity index (χ3n) is 1.92. The number of benzene rings is 1. The first-order valence-electron chi connectivity index (χ1n) is 4.66. The van der Waals surface area contributed by atoms with E-state index in [4.69, 9.17) is 0 Å². The maximum absolute atomic E-state index is 11.6. The summed E-state index contributed by atoms with van der Waals surface area (Å²) in [6.45, 7) is 3.68. The molecule has 15 heavy (non-hydrogen) atoms. The molecular weight excluding hydrogens is 212 g/mol. The first-order chi connectivity index (χ1) is 7.06. The second-order valence-corrected chi connectivity index (χ2v) is 4.77. The minimum absolute atomic E-state index is 0.220. The molecule has 1 aromatic rings. The second-order valence-electron chi connectivity index (χ2n) is 3.11. The van der Waals surface area contributed by atoms with Gasteiger partial charge in [-0.1, -0.05) is 25.1 Å². The van der Waals surface area contributed by atoms with Gasteiger partial charge in [-0.25, -0.2) is 4.83 Å². The minimum Gasteiger partial charge on any atom is -0.200 e. The Kier molecular flexibility index (Phi) is 3.85. The average molecular weight is 226 g/mol. The quantitative estimate of drug-likeness (QED) is 0.628. The van der Waals surface area contributed by atoms with E-state index in [0.717, 1.165) is 12.1 Å². The van der Waals surface area contributed by atoms with Crippen LogP contribution in [0.1, 0.15) is 20.3 Å². The van der Waals surface area contributed by atoms with Crippen molar-refractivity contribution in [2.45, 2.75) is 25.2 Å². The van der Waals surface area contributed by atoms with Gasteiger partial charge in [0, 0.05) is 5.71 Å². The highest BCUT2D eigenvalue weighted by Gasteiger charge is 2.11. The number of hydrogen-bond donors (Lipinski definition) is 1. The first-order valence-corrected chi connectivity index (χ1v) is 6.14. The van der Waals surface area contributed by atoms with Crippen molar-refractivity contribution in [3.63, 3.8) is 0 Å². The predicted molar refractivity (Wildman–Crippen MR) is 60.2 cm³/mol. The lowest BCUT2D eigenvalue weighted by molar-refractivity contribution is 0.584. The molecule has 5 heteroatoms. The molecular formula is C10H14N2O2S. The second kappa shape index (κ2) is 4.93. The molecule has 1 rings (SSSR count). The number of sulfonamides is 1. The van der Waals surface area contributed by atoms with Crippen molar-refractivity contribution >= 4 is 15.7 Å². The van der Waals surface area contributed by atoms with Crippen LogP contribution in [-0.4, -0.2) is 14.1 Å². The summed E-state index contributed by atoms with van der Waals surface area (Å²) in [4.78, 5) is 2.41. The number of nitrogens with zero attached hydrogens (tertiary/aromatic N) is 1. The Morgan fingerprint density at radius 1 is 1.33 bits per heavy atom. The Balaban J connectivity index is 2.87. The topological polar surface area (TPSA) is 58.5 Å². The molecule has 4 nitrogen and oxygen atoms in total. The molecule has 0 unspecified atom stereocenters. The van der Waals surface area contributed by atoms with Gasteiger partial charge in [0.1, 0.15) is 0 Å². The van der Waals surface area contributed by atoms with Crippen molar-refractivity contribution in [1.29, 1.82) is 0 Å². The van der Waals surface area contributed by atoms with Gasteiger partial charge in [0.05, 0.1) is 4.90 Å². The van der Waals surface area contributed by atoms with Crippen molar-refractivity contribution in [2.24, 2.45) is 5.10 Å². The van der Waals surface area contributed by atoms with Crippen LogP contribution in [-0.2, 0) is 10.0 Å². The van der Waals surface area contributed by atoms with E-state index in [1.165, 1.54) is 12.1 Å². The molecule has 0 saturated heterocycles. The van der Waals surface area contributed by atoms with Crippen LogP contribution in [0.4, 0.5) is 0 Å². The summed E-state index contributed by atoms with van der Waals surface area (Å²) in [5, 5.41) is 3.77. The average Bonchev–Trinajstić information content (AvgIpc) is 2.27. The smallest absolute Gasteiger partial charge is 0.200 e. The SMILES string of the molecule is CC/C(C)=N/NS(=O)(=O)c1ccccc1. The molecule has 82 valence electrons. The van der Waals surface area contributed by atoms with Crippen LogP contribution >= 0.6 is 0 Å². The normalized spacial score (nSPS) is 12.5. The Bertz CT molecular complexity index is 438. The highest BCUT2D eigenvalue weighted by molar-refractivity contribution is 7.89. The van der Waals surface area contributed by atoms with Gasteiger partial charge in [-0.15, -0.1) is 0 Å². The van der Waals surface area contributed by atoms with Gasteiger partial charge in [-0.2, -0.15) is 13.5 Å². The summed E-state index contributed by atoms with van der Waals surface area (Å²) < 4.78 is 23.3. The fourth-order valence-electron chi connectivity index (χ4n) is 0.869. The number of rotatable bonds is 4. The summed E-state index contributed by atoms with van der Waals surface area (Å²) in [7, 11) is -3.50. The zero-order chi connectivity index (χ0) is 11.3. The third kappa shape index (κ3) is 3.36. The monoisotopic (exact) mass is 226 g/mol. The molecule has 0 aliphatic heterocycles. The fraction of sp³-hybridized carbons (Fsp3) is 0.300. The summed E-state index contributed by atoms with van der Waals surface area (Å²) in [5.41, 5.74) is 0.745. The summed E-state index contributed by atoms with van der Waals surface area (Å²) >= 11 is 0. The molecule has 1 N–H and O–H groups in total. The standard InChI is InChI=1S/C10H14N2O2S/c1-3-9(2)11-12-15(13,14)10-7-5-4-6-8-10/h4-8,12H,3H2,1-2H3/b11-9+. The molecule has 0 aliphatic carbocycles.